The lowest BCUT2D eigenvalue weighted by Crippen LogP contribution is -2.42. The summed E-state index contributed by atoms with van der Waals surface area (Å²) < 4.78 is 2.06. The average molecular weight is 279 g/mol. The molecule has 5 nitrogen and oxygen atoms in total. The van der Waals surface area contributed by atoms with E-state index in [2.05, 4.69) is 34.6 Å². The maximum atomic E-state index is 11.3. The Morgan fingerprint density at radius 2 is 2.05 bits per heavy atom. The Labute approximate surface area is 120 Å². The Balaban J connectivity index is 1.99. The van der Waals surface area contributed by atoms with Crippen molar-refractivity contribution in [1.82, 2.24) is 14.7 Å². The number of hydrogen-bond acceptors (Lipinski definition) is 3. The Bertz CT molecular complexity index is 473. The molecule has 1 aliphatic heterocycles. The smallest absolute Gasteiger partial charge is 0.309 e. The van der Waals surface area contributed by atoms with Gasteiger partial charge in [-0.1, -0.05) is 6.92 Å². The number of carbonyl (C=O) groups is 1. The maximum Gasteiger partial charge on any atom is 0.309 e. The van der Waals surface area contributed by atoms with Crippen molar-refractivity contribution < 1.29 is 9.90 Å². The summed E-state index contributed by atoms with van der Waals surface area (Å²) >= 11 is 0. The zero-order valence-electron chi connectivity index (χ0n) is 12.7. The molecule has 1 saturated heterocycles. The first-order valence-electron chi connectivity index (χ1n) is 7.50. The van der Waals surface area contributed by atoms with Gasteiger partial charge in [0.15, 0.2) is 0 Å². The first-order valence-corrected chi connectivity index (χ1v) is 7.50. The van der Waals surface area contributed by atoms with Crippen LogP contribution in [-0.2, 0) is 24.3 Å². The van der Waals surface area contributed by atoms with E-state index in [0.717, 1.165) is 51.1 Å². The minimum absolute atomic E-state index is 0.546. The zero-order chi connectivity index (χ0) is 14.8. The highest BCUT2D eigenvalue weighted by atomic mass is 16.4. The van der Waals surface area contributed by atoms with Gasteiger partial charge in [0.05, 0.1) is 16.8 Å². The summed E-state index contributed by atoms with van der Waals surface area (Å²) in [6.45, 7) is 9.53. The van der Waals surface area contributed by atoms with Crippen LogP contribution in [0.1, 0.15) is 45.0 Å². The average Bonchev–Trinajstić information content (AvgIpc) is 2.83. The highest BCUT2D eigenvalue weighted by Crippen LogP contribution is 2.31. The van der Waals surface area contributed by atoms with Crippen molar-refractivity contribution in [3.63, 3.8) is 0 Å². The van der Waals surface area contributed by atoms with E-state index in [1.54, 1.807) is 0 Å². The van der Waals surface area contributed by atoms with Crippen LogP contribution in [0, 0.1) is 5.41 Å². The Hall–Kier alpha value is -1.36. The number of likely N-dealkylation sites (tertiary alicyclic amines) is 1. The van der Waals surface area contributed by atoms with Crippen LogP contribution >= 0.6 is 0 Å². The van der Waals surface area contributed by atoms with Crippen LogP contribution in [-0.4, -0.2) is 38.8 Å². The third kappa shape index (κ3) is 3.03. The number of piperidine rings is 1. The Morgan fingerprint density at radius 3 is 2.55 bits per heavy atom. The Morgan fingerprint density at radius 1 is 1.40 bits per heavy atom. The first-order chi connectivity index (χ1) is 9.48. The van der Waals surface area contributed by atoms with Gasteiger partial charge >= 0.3 is 5.97 Å². The molecule has 0 aromatic carbocycles. The van der Waals surface area contributed by atoms with Gasteiger partial charge in [-0.3, -0.25) is 14.4 Å². The summed E-state index contributed by atoms with van der Waals surface area (Å²) in [6.07, 6.45) is 2.41. The van der Waals surface area contributed by atoms with E-state index in [1.165, 1.54) is 5.69 Å². The Kier molecular flexibility index (Phi) is 4.48. The molecule has 2 heterocycles. The van der Waals surface area contributed by atoms with Gasteiger partial charge in [0, 0.05) is 13.1 Å². The molecule has 0 saturated carbocycles. The van der Waals surface area contributed by atoms with Gasteiger partial charge in [-0.2, -0.15) is 5.10 Å². The lowest BCUT2D eigenvalue weighted by atomic mass is 9.80. The van der Waals surface area contributed by atoms with E-state index < -0.39 is 11.4 Å². The van der Waals surface area contributed by atoms with Crippen LogP contribution in [0.15, 0.2) is 6.07 Å². The summed E-state index contributed by atoms with van der Waals surface area (Å²) in [5.41, 5.74) is 1.83. The summed E-state index contributed by atoms with van der Waals surface area (Å²) in [6, 6.07) is 2.18. The predicted molar refractivity (Wildman–Crippen MR) is 77.5 cm³/mol. The summed E-state index contributed by atoms with van der Waals surface area (Å²) in [7, 11) is 0. The molecule has 1 aromatic heterocycles. The van der Waals surface area contributed by atoms with Crippen LogP contribution in [0.25, 0.3) is 0 Å². The fourth-order valence-electron chi connectivity index (χ4n) is 2.74. The summed E-state index contributed by atoms with van der Waals surface area (Å²) in [4.78, 5) is 13.6. The third-order valence-corrected chi connectivity index (χ3v) is 4.44. The van der Waals surface area contributed by atoms with E-state index >= 15 is 0 Å². The lowest BCUT2D eigenvalue weighted by molar-refractivity contribution is -0.150. The predicted octanol–water partition coefficient (Wildman–Crippen LogP) is 2.15. The molecule has 5 heteroatoms. The van der Waals surface area contributed by atoms with Crippen molar-refractivity contribution in [2.75, 3.05) is 13.1 Å². The molecule has 1 aromatic rings. The molecule has 0 radical (unpaired) electrons. The molecule has 0 bridgehead atoms. The molecule has 112 valence electrons. The quantitative estimate of drug-likeness (QED) is 0.897. The molecule has 0 aliphatic carbocycles. The minimum Gasteiger partial charge on any atom is -0.481 e. The van der Waals surface area contributed by atoms with Crippen LogP contribution in [0.2, 0.25) is 0 Å². The number of carboxylic acids is 1. The van der Waals surface area contributed by atoms with E-state index in [-0.39, 0.29) is 0 Å². The zero-order valence-corrected chi connectivity index (χ0v) is 12.7. The van der Waals surface area contributed by atoms with Crippen molar-refractivity contribution in [3.05, 3.63) is 17.5 Å². The molecule has 0 spiro atoms. The fraction of sp³-hybridized carbons (Fsp3) is 0.733. The molecule has 0 amide bonds. The lowest BCUT2D eigenvalue weighted by Gasteiger charge is -2.36. The number of aliphatic carboxylic acids is 1. The van der Waals surface area contributed by atoms with E-state index in [9.17, 15) is 9.90 Å². The van der Waals surface area contributed by atoms with Crippen LogP contribution < -0.4 is 0 Å². The molecule has 1 fully saturated rings. The largest absolute Gasteiger partial charge is 0.481 e. The first kappa shape index (κ1) is 15.0. The maximum absolute atomic E-state index is 11.3. The van der Waals surface area contributed by atoms with Gasteiger partial charge in [0.2, 0.25) is 0 Å². The minimum atomic E-state index is -0.663. The van der Waals surface area contributed by atoms with Crippen LogP contribution in [0.5, 0.6) is 0 Å². The van der Waals surface area contributed by atoms with Gasteiger partial charge in [-0.25, -0.2) is 0 Å². The van der Waals surface area contributed by atoms with Crippen LogP contribution in [0.4, 0.5) is 0 Å². The molecule has 0 unspecified atom stereocenters. The van der Waals surface area contributed by atoms with Crippen LogP contribution in [0.3, 0.4) is 0 Å². The molecular weight excluding hydrogens is 254 g/mol. The van der Waals surface area contributed by atoms with Crippen molar-refractivity contribution in [1.29, 1.82) is 0 Å². The number of carboxylic acid groups (broad SMARTS) is 1. The van der Waals surface area contributed by atoms with E-state index in [4.69, 9.17) is 0 Å². The monoisotopic (exact) mass is 279 g/mol. The second-order valence-electron chi connectivity index (χ2n) is 5.94. The van der Waals surface area contributed by atoms with Crippen molar-refractivity contribution >= 4 is 5.97 Å². The van der Waals surface area contributed by atoms with Crippen molar-refractivity contribution in [2.24, 2.45) is 5.41 Å². The summed E-state index contributed by atoms with van der Waals surface area (Å²) in [5, 5.41) is 13.8. The third-order valence-electron chi connectivity index (χ3n) is 4.44. The molecule has 20 heavy (non-hydrogen) atoms. The van der Waals surface area contributed by atoms with Gasteiger partial charge in [-0.15, -0.1) is 0 Å². The highest BCUT2D eigenvalue weighted by molar-refractivity contribution is 5.74. The molecule has 1 N–H and O–H groups in total. The highest BCUT2D eigenvalue weighted by Gasteiger charge is 2.36. The normalized spacial score (nSPS) is 19.1. The molecule has 1 aliphatic rings. The molecule has 0 atom stereocenters. The van der Waals surface area contributed by atoms with Gasteiger partial charge in [-0.05, 0) is 52.3 Å². The topological polar surface area (TPSA) is 58.4 Å². The number of hydrogen-bond donors (Lipinski definition) is 1. The van der Waals surface area contributed by atoms with E-state index in [1.807, 2.05) is 6.92 Å². The molecular formula is C15H25N3O2. The number of aryl methyl sites for hydroxylation is 2. The van der Waals surface area contributed by atoms with E-state index in [0.29, 0.717) is 0 Å². The fourth-order valence-corrected chi connectivity index (χ4v) is 2.74. The van der Waals surface area contributed by atoms with Crippen molar-refractivity contribution in [3.8, 4) is 0 Å². The SMILES string of the molecule is CCc1cc(CN2CCC(C)(C(=O)O)CC2)n(CC)n1. The van der Waals surface area contributed by atoms with Gasteiger partial charge in [0.1, 0.15) is 0 Å². The number of rotatable bonds is 5. The van der Waals surface area contributed by atoms with Gasteiger partial charge in [0.25, 0.3) is 0 Å². The van der Waals surface area contributed by atoms with Gasteiger partial charge < -0.3 is 5.11 Å². The number of nitrogens with zero attached hydrogens (tertiary/aromatic N) is 3. The van der Waals surface area contributed by atoms with Crippen molar-refractivity contribution in [2.45, 2.75) is 53.1 Å². The standard InChI is InChI=1S/C15H25N3O2/c1-4-12-10-13(18(5-2)16-12)11-17-8-6-15(3,7-9-17)14(19)20/h10H,4-9,11H2,1-3H3,(H,19,20). The number of aromatic nitrogens is 2. The molecule has 2 rings (SSSR count). The summed E-state index contributed by atoms with van der Waals surface area (Å²) in [5.74, 6) is -0.663. The second-order valence-corrected chi connectivity index (χ2v) is 5.94. The second kappa shape index (κ2) is 5.95.